The Morgan fingerprint density at radius 1 is 1.25 bits per heavy atom. The van der Waals surface area contributed by atoms with Crippen LogP contribution >= 0.6 is 0 Å². The summed E-state index contributed by atoms with van der Waals surface area (Å²) in [5, 5.41) is 6.42. The Labute approximate surface area is 146 Å². The summed E-state index contributed by atoms with van der Waals surface area (Å²) in [6.45, 7) is 12.3. The van der Waals surface area contributed by atoms with Crippen molar-refractivity contribution in [2.24, 2.45) is 0 Å². The SMILES string of the molecule is CC.Cc1ccc(NCC2(NC(=O)OC(C)(C)C)CCCC2)nc1. The molecule has 0 radical (unpaired) electrons. The van der Waals surface area contributed by atoms with Gasteiger partial charge in [-0.15, -0.1) is 0 Å². The molecule has 1 aromatic rings. The van der Waals surface area contributed by atoms with Crippen LogP contribution in [0.3, 0.4) is 0 Å². The number of anilines is 1. The topological polar surface area (TPSA) is 63.2 Å². The van der Waals surface area contributed by atoms with Gasteiger partial charge < -0.3 is 15.4 Å². The minimum atomic E-state index is -0.476. The predicted octanol–water partition coefficient (Wildman–Crippen LogP) is 4.67. The van der Waals surface area contributed by atoms with E-state index in [2.05, 4.69) is 15.6 Å². The molecule has 1 saturated carbocycles. The number of pyridine rings is 1. The number of hydrogen-bond donors (Lipinski definition) is 2. The van der Waals surface area contributed by atoms with Gasteiger partial charge >= 0.3 is 6.09 Å². The molecule has 2 N–H and O–H groups in total. The first-order chi connectivity index (χ1) is 11.3. The van der Waals surface area contributed by atoms with Gasteiger partial charge in [-0.25, -0.2) is 9.78 Å². The molecule has 1 heterocycles. The monoisotopic (exact) mass is 335 g/mol. The standard InChI is InChI=1S/C17H27N3O2.C2H6/c1-13-7-8-14(18-11-13)19-12-17(9-5-6-10-17)20-15(21)22-16(2,3)4;1-2/h7-8,11H,5-6,9-10,12H2,1-4H3,(H,18,19)(H,20,21);1-2H3. The molecular formula is C19H33N3O2. The summed E-state index contributed by atoms with van der Waals surface area (Å²) in [5.41, 5.74) is 0.415. The van der Waals surface area contributed by atoms with Crippen molar-refractivity contribution in [2.75, 3.05) is 11.9 Å². The zero-order chi connectivity index (χ0) is 18.2. The Hall–Kier alpha value is -1.78. The van der Waals surface area contributed by atoms with E-state index in [-0.39, 0.29) is 11.6 Å². The molecule has 1 aliphatic carbocycles. The molecule has 5 heteroatoms. The van der Waals surface area contributed by atoms with Crippen LogP contribution in [-0.2, 0) is 4.74 Å². The molecule has 0 unspecified atom stereocenters. The van der Waals surface area contributed by atoms with Crippen molar-refractivity contribution in [1.29, 1.82) is 0 Å². The Kier molecular flexibility index (Phi) is 7.52. The molecule has 0 aromatic carbocycles. The minimum absolute atomic E-state index is 0.241. The van der Waals surface area contributed by atoms with Gasteiger partial charge in [-0.3, -0.25) is 0 Å². The fraction of sp³-hybridized carbons (Fsp3) is 0.684. The van der Waals surface area contributed by atoms with Crippen molar-refractivity contribution in [3.63, 3.8) is 0 Å². The lowest BCUT2D eigenvalue weighted by Gasteiger charge is -2.32. The minimum Gasteiger partial charge on any atom is -0.444 e. The second kappa shape index (κ2) is 8.90. The molecule has 136 valence electrons. The van der Waals surface area contributed by atoms with Crippen LogP contribution in [0.4, 0.5) is 10.6 Å². The van der Waals surface area contributed by atoms with Crippen LogP contribution in [0.15, 0.2) is 18.3 Å². The van der Waals surface area contributed by atoms with Gasteiger partial charge in [-0.05, 0) is 52.2 Å². The average Bonchev–Trinajstić information content (AvgIpc) is 2.95. The summed E-state index contributed by atoms with van der Waals surface area (Å²) in [7, 11) is 0. The summed E-state index contributed by atoms with van der Waals surface area (Å²) in [5.74, 6) is 0.836. The number of amides is 1. The van der Waals surface area contributed by atoms with Crippen LogP contribution in [0.2, 0.25) is 0 Å². The Bertz CT molecular complexity index is 500. The summed E-state index contributed by atoms with van der Waals surface area (Å²) in [4.78, 5) is 16.5. The highest BCUT2D eigenvalue weighted by molar-refractivity contribution is 5.69. The first-order valence-corrected chi connectivity index (χ1v) is 8.96. The number of ether oxygens (including phenoxy) is 1. The van der Waals surface area contributed by atoms with Gasteiger partial charge in [0.15, 0.2) is 0 Å². The normalized spacial score (nSPS) is 15.9. The van der Waals surface area contributed by atoms with Gasteiger partial charge in [0, 0.05) is 12.7 Å². The van der Waals surface area contributed by atoms with E-state index in [4.69, 9.17) is 4.74 Å². The molecule has 1 amide bonds. The fourth-order valence-corrected chi connectivity index (χ4v) is 2.75. The van der Waals surface area contributed by atoms with E-state index in [0.717, 1.165) is 37.1 Å². The molecule has 1 aromatic heterocycles. The number of hydrogen-bond acceptors (Lipinski definition) is 4. The zero-order valence-corrected chi connectivity index (χ0v) is 16.0. The lowest BCUT2D eigenvalue weighted by atomic mass is 9.98. The summed E-state index contributed by atoms with van der Waals surface area (Å²) in [6.07, 6.45) is 5.67. The van der Waals surface area contributed by atoms with Crippen LogP contribution in [-0.4, -0.2) is 28.8 Å². The molecule has 0 spiro atoms. The third kappa shape index (κ3) is 6.77. The maximum Gasteiger partial charge on any atom is 0.408 e. The molecule has 24 heavy (non-hydrogen) atoms. The highest BCUT2D eigenvalue weighted by atomic mass is 16.6. The Morgan fingerprint density at radius 3 is 2.38 bits per heavy atom. The number of rotatable bonds is 4. The second-order valence-corrected chi connectivity index (χ2v) is 7.19. The summed E-state index contributed by atoms with van der Waals surface area (Å²) in [6, 6.07) is 3.99. The van der Waals surface area contributed by atoms with Gasteiger partial charge in [0.25, 0.3) is 0 Å². The maximum absolute atomic E-state index is 12.1. The largest absolute Gasteiger partial charge is 0.444 e. The lowest BCUT2D eigenvalue weighted by molar-refractivity contribution is 0.0463. The van der Waals surface area contributed by atoms with Crippen molar-refractivity contribution in [3.8, 4) is 0 Å². The fourth-order valence-electron chi connectivity index (χ4n) is 2.75. The molecule has 0 atom stereocenters. The molecule has 1 aliphatic rings. The van der Waals surface area contributed by atoms with Crippen LogP contribution in [0.5, 0.6) is 0 Å². The molecular weight excluding hydrogens is 302 g/mol. The van der Waals surface area contributed by atoms with Crippen LogP contribution in [0, 0.1) is 6.92 Å². The second-order valence-electron chi connectivity index (χ2n) is 7.19. The summed E-state index contributed by atoms with van der Waals surface area (Å²) >= 11 is 0. The predicted molar refractivity (Wildman–Crippen MR) is 99.4 cm³/mol. The zero-order valence-electron chi connectivity index (χ0n) is 16.0. The van der Waals surface area contributed by atoms with Crippen LogP contribution < -0.4 is 10.6 Å². The van der Waals surface area contributed by atoms with E-state index in [1.54, 1.807) is 0 Å². The molecule has 2 rings (SSSR count). The Morgan fingerprint density at radius 2 is 1.88 bits per heavy atom. The lowest BCUT2D eigenvalue weighted by Crippen LogP contribution is -2.52. The van der Waals surface area contributed by atoms with Crippen molar-refractivity contribution < 1.29 is 9.53 Å². The first-order valence-electron chi connectivity index (χ1n) is 8.96. The highest BCUT2D eigenvalue weighted by Crippen LogP contribution is 2.30. The number of carbonyl (C=O) groups excluding carboxylic acids is 1. The van der Waals surface area contributed by atoms with Gasteiger partial charge in [0.1, 0.15) is 11.4 Å². The number of aryl methyl sites for hydroxylation is 1. The van der Waals surface area contributed by atoms with Gasteiger partial charge in [0.05, 0.1) is 5.54 Å². The van der Waals surface area contributed by atoms with E-state index in [0.29, 0.717) is 6.54 Å². The Balaban J connectivity index is 0.00000139. The number of nitrogens with zero attached hydrogens (tertiary/aromatic N) is 1. The van der Waals surface area contributed by atoms with Gasteiger partial charge in [-0.2, -0.15) is 0 Å². The quantitative estimate of drug-likeness (QED) is 0.839. The smallest absolute Gasteiger partial charge is 0.408 e. The van der Waals surface area contributed by atoms with Crippen molar-refractivity contribution in [3.05, 3.63) is 23.9 Å². The molecule has 0 saturated heterocycles. The van der Waals surface area contributed by atoms with Crippen LogP contribution in [0.1, 0.15) is 65.9 Å². The molecule has 0 bridgehead atoms. The van der Waals surface area contributed by atoms with E-state index in [1.165, 1.54) is 0 Å². The number of alkyl carbamates (subject to hydrolysis) is 1. The van der Waals surface area contributed by atoms with E-state index >= 15 is 0 Å². The number of carbonyl (C=O) groups is 1. The first kappa shape index (κ1) is 20.3. The van der Waals surface area contributed by atoms with Gasteiger partial charge in [0.2, 0.25) is 0 Å². The average molecular weight is 335 g/mol. The van der Waals surface area contributed by atoms with E-state index in [9.17, 15) is 4.79 Å². The number of nitrogens with one attached hydrogen (secondary N) is 2. The molecule has 0 aliphatic heterocycles. The molecule has 5 nitrogen and oxygen atoms in total. The van der Waals surface area contributed by atoms with Crippen molar-refractivity contribution in [2.45, 2.75) is 78.4 Å². The third-order valence-corrected chi connectivity index (χ3v) is 3.85. The maximum atomic E-state index is 12.1. The third-order valence-electron chi connectivity index (χ3n) is 3.85. The van der Waals surface area contributed by atoms with Gasteiger partial charge in [-0.1, -0.05) is 32.8 Å². The number of aromatic nitrogens is 1. The van der Waals surface area contributed by atoms with Crippen molar-refractivity contribution in [1.82, 2.24) is 10.3 Å². The van der Waals surface area contributed by atoms with E-state index < -0.39 is 5.60 Å². The highest BCUT2D eigenvalue weighted by Gasteiger charge is 2.36. The molecule has 1 fully saturated rings. The van der Waals surface area contributed by atoms with Crippen LogP contribution in [0.25, 0.3) is 0 Å². The summed E-state index contributed by atoms with van der Waals surface area (Å²) < 4.78 is 5.40. The van der Waals surface area contributed by atoms with Crippen molar-refractivity contribution >= 4 is 11.9 Å². The van der Waals surface area contributed by atoms with E-state index in [1.807, 2.05) is 59.9 Å².